The van der Waals surface area contributed by atoms with Crippen LogP contribution in [0.5, 0.6) is 0 Å². The van der Waals surface area contributed by atoms with Crippen LogP contribution in [0.4, 0.5) is 8.78 Å². The van der Waals surface area contributed by atoms with Crippen molar-refractivity contribution in [3.63, 3.8) is 0 Å². The molecular formula is C6H2AsClF2O. The summed E-state index contributed by atoms with van der Waals surface area (Å²) in [4.78, 5) is 0. The van der Waals surface area contributed by atoms with E-state index in [1.54, 1.807) is 0 Å². The summed E-state index contributed by atoms with van der Waals surface area (Å²) in [5.74, 6) is -1.74. The molecule has 0 fully saturated rings. The van der Waals surface area contributed by atoms with Crippen LogP contribution in [0.1, 0.15) is 0 Å². The van der Waals surface area contributed by atoms with E-state index in [1.165, 1.54) is 0 Å². The first kappa shape index (κ1) is 8.82. The Bertz CT molecular complexity index is 280. The summed E-state index contributed by atoms with van der Waals surface area (Å²) in [6.45, 7) is 0. The second-order valence-electron chi connectivity index (χ2n) is 1.81. The Kier molecular flexibility index (Phi) is 2.74. The molecule has 0 amide bonds. The van der Waals surface area contributed by atoms with Gasteiger partial charge in [-0.1, -0.05) is 0 Å². The van der Waals surface area contributed by atoms with Gasteiger partial charge in [0.05, 0.1) is 0 Å². The summed E-state index contributed by atoms with van der Waals surface area (Å²) < 4.78 is 35.5. The van der Waals surface area contributed by atoms with Crippen LogP contribution < -0.4 is 4.35 Å². The molecule has 0 aliphatic carbocycles. The van der Waals surface area contributed by atoms with Crippen molar-refractivity contribution in [2.75, 3.05) is 0 Å². The first-order valence-corrected chi connectivity index (χ1v) is 4.71. The summed E-state index contributed by atoms with van der Waals surface area (Å²) in [5, 5.41) is -0.552. The van der Waals surface area contributed by atoms with E-state index in [0.717, 1.165) is 12.1 Å². The van der Waals surface area contributed by atoms with Gasteiger partial charge in [0, 0.05) is 0 Å². The molecule has 0 atom stereocenters. The summed E-state index contributed by atoms with van der Waals surface area (Å²) in [5.41, 5.74) is 0. The average Bonchev–Trinajstić information content (AvgIpc) is 1.99. The third-order valence-electron chi connectivity index (χ3n) is 1.07. The van der Waals surface area contributed by atoms with Gasteiger partial charge in [-0.15, -0.1) is 0 Å². The van der Waals surface area contributed by atoms with Crippen LogP contribution in [0.15, 0.2) is 12.1 Å². The molecule has 1 rings (SSSR count). The van der Waals surface area contributed by atoms with Gasteiger partial charge in [-0.05, 0) is 0 Å². The molecule has 0 spiro atoms. The number of benzene rings is 1. The molecule has 58 valence electrons. The van der Waals surface area contributed by atoms with Gasteiger partial charge in [-0.3, -0.25) is 0 Å². The number of rotatable bonds is 1. The molecule has 0 heterocycles. The molecule has 0 unspecified atom stereocenters. The predicted octanol–water partition coefficient (Wildman–Crippen LogP) is 1.29. The Morgan fingerprint density at radius 1 is 1.27 bits per heavy atom. The molecule has 0 aliphatic rings. The van der Waals surface area contributed by atoms with E-state index in [4.69, 9.17) is 11.6 Å². The second-order valence-corrected chi connectivity index (χ2v) is 3.66. The molecule has 0 bridgehead atoms. The monoisotopic (exact) mass is 238 g/mol. The van der Waals surface area contributed by atoms with Crippen molar-refractivity contribution in [3.05, 3.63) is 28.8 Å². The molecule has 0 saturated carbocycles. The standard InChI is InChI=1S/C6H2AsClF2O/c8-6-4(9)1-3(7-11)2-5(6)10/h1-2H. The molecular weight excluding hydrogens is 236 g/mol. The van der Waals surface area contributed by atoms with Crippen LogP contribution in [0, 0.1) is 11.6 Å². The Morgan fingerprint density at radius 2 is 1.73 bits per heavy atom. The Balaban J connectivity index is 3.31. The quantitative estimate of drug-likeness (QED) is 0.532. The SMILES string of the molecule is O=[As]c1cc(F)c(Cl)c(F)c1. The number of hydrogen-bond donors (Lipinski definition) is 0. The van der Waals surface area contributed by atoms with Gasteiger partial charge in [0.15, 0.2) is 0 Å². The summed E-state index contributed by atoms with van der Waals surface area (Å²) in [6.07, 6.45) is 0. The molecule has 0 aromatic heterocycles. The molecule has 1 aromatic rings. The van der Waals surface area contributed by atoms with E-state index in [0.29, 0.717) is 0 Å². The van der Waals surface area contributed by atoms with Gasteiger partial charge in [0.2, 0.25) is 0 Å². The summed E-state index contributed by atoms with van der Waals surface area (Å²) in [7, 11) is 0. The van der Waals surface area contributed by atoms with E-state index >= 15 is 0 Å². The Hall–Kier alpha value is -0.272. The van der Waals surface area contributed by atoms with Gasteiger partial charge in [-0.25, -0.2) is 0 Å². The summed E-state index contributed by atoms with van der Waals surface area (Å²) >= 11 is 3.77. The van der Waals surface area contributed by atoms with Gasteiger partial charge >= 0.3 is 73.0 Å². The second kappa shape index (κ2) is 3.42. The van der Waals surface area contributed by atoms with Gasteiger partial charge in [-0.2, -0.15) is 0 Å². The fraction of sp³-hybridized carbons (Fsp3) is 0. The molecule has 0 radical (unpaired) electrons. The predicted molar refractivity (Wildman–Crippen MR) is 37.4 cm³/mol. The zero-order chi connectivity index (χ0) is 8.43. The van der Waals surface area contributed by atoms with Crippen LogP contribution in [0.2, 0.25) is 5.02 Å². The zero-order valence-corrected chi connectivity index (χ0v) is 7.78. The number of halogens is 3. The minimum atomic E-state index is -1.40. The molecule has 0 saturated heterocycles. The van der Waals surface area contributed by atoms with E-state index in [2.05, 4.69) is 0 Å². The maximum atomic E-state index is 12.5. The van der Waals surface area contributed by atoms with Gasteiger partial charge in [0.1, 0.15) is 0 Å². The molecule has 0 N–H and O–H groups in total. The molecule has 1 aromatic carbocycles. The normalized spacial score (nSPS) is 10.5. The average molecular weight is 238 g/mol. The van der Waals surface area contributed by atoms with E-state index < -0.39 is 32.3 Å². The fourth-order valence-electron chi connectivity index (χ4n) is 0.595. The first-order chi connectivity index (χ1) is 5.15. The van der Waals surface area contributed by atoms with Crippen molar-refractivity contribution in [1.82, 2.24) is 0 Å². The van der Waals surface area contributed by atoms with Crippen molar-refractivity contribution in [1.29, 1.82) is 0 Å². The Morgan fingerprint density at radius 3 is 2.09 bits per heavy atom. The first-order valence-electron chi connectivity index (χ1n) is 2.63. The minimum absolute atomic E-state index is 0.153. The topological polar surface area (TPSA) is 17.1 Å². The van der Waals surface area contributed by atoms with Crippen molar-refractivity contribution >= 4 is 31.6 Å². The van der Waals surface area contributed by atoms with Crippen LogP contribution in [0.25, 0.3) is 0 Å². The molecule has 11 heavy (non-hydrogen) atoms. The van der Waals surface area contributed by atoms with E-state index in [1.807, 2.05) is 0 Å². The van der Waals surface area contributed by atoms with Crippen LogP contribution >= 0.6 is 11.6 Å². The fourth-order valence-corrected chi connectivity index (χ4v) is 1.40. The molecule has 0 aliphatic heterocycles. The maximum absolute atomic E-state index is 12.5. The van der Waals surface area contributed by atoms with Gasteiger partial charge in [0.25, 0.3) is 0 Å². The van der Waals surface area contributed by atoms with Crippen molar-refractivity contribution in [2.24, 2.45) is 0 Å². The third-order valence-corrected chi connectivity index (χ3v) is 2.42. The van der Waals surface area contributed by atoms with Crippen LogP contribution in [-0.2, 0) is 3.74 Å². The van der Waals surface area contributed by atoms with Crippen molar-refractivity contribution in [3.8, 4) is 0 Å². The number of hydrogen-bond acceptors (Lipinski definition) is 1. The van der Waals surface area contributed by atoms with E-state index in [-0.39, 0.29) is 4.35 Å². The zero-order valence-electron chi connectivity index (χ0n) is 5.14. The van der Waals surface area contributed by atoms with Crippen molar-refractivity contribution < 1.29 is 12.5 Å². The Labute approximate surface area is 73.3 Å². The molecule has 1 nitrogen and oxygen atoms in total. The van der Waals surface area contributed by atoms with E-state index in [9.17, 15) is 12.5 Å². The van der Waals surface area contributed by atoms with Crippen LogP contribution in [-0.4, -0.2) is 15.7 Å². The van der Waals surface area contributed by atoms with Crippen LogP contribution in [0.3, 0.4) is 0 Å². The third kappa shape index (κ3) is 1.85. The summed E-state index contributed by atoms with van der Waals surface area (Å²) in [6, 6.07) is 1.94. The molecule has 5 heteroatoms. The van der Waals surface area contributed by atoms with Crippen molar-refractivity contribution in [2.45, 2.75) is 0 Å². The van der Waals surface area contributed by atoms with Gasteiger partial charge < -0.3 is 0 Å².